The first-order chi connectivity index (χ1) is 15.5. The van der Waals surface area contributed by atoms with E-state index in [-0.39, 0.29) is 29.0 Å². The minimum atomic E-state index is -0.227. The average Bonchev–Trinajstić information content (AvgIpc) is 3.57. The van der Waals surface area contributed by atoms with Gasteiger partial charge in [-0.05, 0) is 49.2 Å². The van der Waals surface area contributed by atoms with Crippen LogP contribution in [-0.4, -0.2) is 67.9 Å². The number of piperazine rings is 1. The number of nitrogens with zero attached hydrogens (tertiary/aromatic N) is 5. The highest BCUT2D eigenvalue weighted by Crippen LogP contribution is 2.42. The molecule has 9 heteroatoms. The number of aromatic nitrogens is 3. The minimum absolute atomic E-state index is 0.0327. The molecule has 2 aliphatic rings. The van der Waals surface area contributed by atoms with Gasteiger partial charge in [-0.25, -0.2) is 4.68 Å². The van der Waals surface area contributed by atoms with Crippen LogP contribution in [0.1, 0.15) is 45.3 Å². The molecule has 1 N–H and O–H groups in total. The quantitative estimate of drug-likeness (QED) is 0.599. The number of carbonyl (C=O) groups excluding carboxylic acids is 2. The maximum absolute atomic E-state index is 13.3. The third kappa shape index (κ3) is 3.88. The Morgan fingerprint density at radius 1 is 0.906 bits per heavy atom. The van der Waals surface area contributed by atoms with Gasteiger partial charge in [0.2, 0.25) is 0 Å². The lowest BCUT2D eigenvalue weighted by atomic mass is 10.1. The zero-order chi connectivity index (χ0) is 22.2. The molecule has 1 saturated carbocycles. The molecule has 1 aliphatic carbocycles. The van der Waals surface area contributed by atoms with Crippen molar-refractivity contribution < 1.29 is 14.7 Å². The Hall–Kier alpha value is -3.20. The van der Waals surface area contributed by atoms with Gasteiger partial charge in [0.05, 0.1) is 16.9 Å². The first-order valence-corrected chi connectivity index (χ1v) is 11.4. The number of halogens is 1. The number of benzene rings is 2. The molecule has 2 fully saturated rings. The van der Waals surface area contributed by atoms with Crippen LogP contribution in [0.2, 0.25) is 0 Å². The fraction of sp³-hybridized carbons (Fsp3) is 0.304. The lowest BCUT2D eigenvalue weighted by molar-refractivity contribution is 0.0529. The molecule has 164 valence electrons. The normalized spacial score (nSPS) is 16.3. The van der Waals surface area contributed by atoms with Crippen LogP contribution in [0.3, 0.4) is 0 Å². The van der Waals surface area contributed by atoms with Crippen LogP contribution in [-0.2, 0) is 0 Å². The lowest BCUT2D eigenvalue weighted by Gasteiger charge is -2.34. The monoisotopic (exact) mass is 495 g/mol. The van der Waals surface area contributed by atoms with Gasteiger partial charge in [0.15, 0.2) is 5.69 Å². The Kier molecular flexibility index (Phi) is 5.42. The van der Waals surface area contributed by atoms with Crippen molar-refractivity contribution >= 4 is 27.7 Å². The molecule has 0 radical (unpaired) electrons. The van der Waals surface area contributed by atoms with Gasteiger partial charge in [0.1, 0.15) is 5.75 Å². The summed E-state index contributed by atoms with van der Waals surface area (Å²) >= 11 is 3.44. The summed E-state index contributed by atoms with van der Waals surface area (Å²) < 4.78 is 2.75. The second kappa shape index (κ2) is 8.38. The Morgan fingerprint density at radius 2 is 1.53 bits per heavy atom. The molecule has 1 saturated heterocycles. The van der Waals surface area contributed by atoms with Crippen LogP contribution in [0, 0.1) is 0 Å². The molecule has 2 aromatic carbocycles. The highest BCUT2D eigenvalue weighted by molar-refractivity contribution is 9.10. The summed E-state index contributed by atoms with van der Waals surface area (Å²) in [5, 5.41) is 18.5. The number of aromatic hydroxyl groups is 1. The highest BCUT2D eigenvalue weighted by atomic mass is 79.9. The Balaban J connectivity index is 1.32. The molecular weight excluding hydrogens is 474 g/mol. The van der Waals surface area contributed by atoms with Crippen molar-refractivity contribution in [1.82, 2.24) is 24.8 Å². The number of carbonyl (C=O) groups is 2. The van der Waals surface area contributed by atoms with Gasteiger partial charge in [-0.3, -0.25) is 9.59 Å². The van der Waals surface area contributed by atoms with E-state index in [1.54, 1.807) is 32.7 Å². The second-order valence-corrected chi connectivity index (χ2v) is 9.00. The first-order valence-electron chi connectivity index (χ1n) is 10.6. The maximum atomic E-state index is 13.3. The molecule has 3 aromatic rings. The topological polar surface area (TPSA) is 91.6 Å². The van der Waals surface area contributed by atoms with Crippen molar-refractivity contribution in [2.75, 3.05) is 26.2 Å². The highest BCUT2D eigenvalue weighted by Gasteiger charge is 2.36. The van der Waals surface area contributed by atoms with Crippen molar-refractivity contribution in [2.45, 2.75) is 18.8 Å². The van der Waals surface area contributed by atoms with E-state index in [0.717, 1.165) is 28.7 Å². The minimum Gasteiger partial charge on any atom is -0.507 e. The summed E-state index contributed by atoms with van der Waals surface area (Å²) in [7, 11) is 0. The summed E-state index contributed by atoms with van der Waals surface area (Å²) in [6.07, 6.45) is 2.04. The molecule has 1 aliphatic heterocycles. The van der Waals surface area contributed by atoms with E-state index in [0.29, 0.717) is 31.9 Å². The predicted molar refractivity (Wildman–Crippen MR) is 121 cm³/mol. The predicted octanol–water partition coefficient (Wildman–Crippen LogP) is 3.21. The molecule has 5 rings (SSSR count). The number of amides is 2. The molecule has 0 spiro atoms. The van der Waals surface area contributed by atoms with Crippen molar-refractivity contribution in [1.29, 1.82) is 0 Å². The van der Waals surface area contributed by atoms with Crippen LogP contribution < -0.4 is 0 Å². The largest absolute Gasteiger partial charge is 0.507 e. The third-order valence-corrected chi connectivity index (χ3v) is 6.46. The fourth-order valence-electron chi connectivity index (χ4n) is 4.02. The number of rotatable bonds is 4. The maximum Gasteiger partial charge on any atom is 0.276 e. The van der Waals surface area contributed by atoms with Gasteiger partial charge < -0.3 is 14.9 Å². The molecule has 32 heavy (non-hydrogen) atoms. The number of hydrogen-bond acceptors (Lipinski definition) is 5. The zero-order valence-electron chi connectivity index (χ0n) is 17.3. The van der Waals surface area contributed by atoms with E-state index in [1.807, 2.05) is 24.3 Å². The van der Waals surface area contributed by atoms with Crippen LogP contribution in [0.25, 0.3) is 5.69 Å². The van der Waals surface area contributed by atoms with Gasteiger partial charge in [-0.15, -0.1) is 5.10 Å². The van der Waals surface area contributed by atoms with E-state index in [9.17, 15) is 14.7 Å². The van der Waals surface area contributed by atoms with Crippen LogP contribution >= 0.6 is 15.9 Å². The van der Waals surface area contributed by atoms with E-state index >= 15 is 0 Å². The summed E-state index contributed by atoms with van der Waals surface area (Å²) in [6, 6.07) is 14.3. The second-order valence-electron chi connectivity index (χ2n) is 8.09. The number of hydrogen-bond donors (Lipinski definition) is 1. The molecule has 0 bridgehead atoms. The van der Waals surface area contributed by atoms with Gasteiger partial charge in [-0.2, -0.15) is 0 Å². The Labute approximate surface area is 193 Å². The summed E-state index contributed by atoms with van der Waals surface area (Å²) in [4.78, 5) is 29.4. The van der Waals surface area contributed by atoms with Gasteiger partial charge >= 0.3 is 0 Å². The average molecular weight is 496 g/mol. The molecule has 8 nitrogen and oxygen atoms in total. The molecule has 2 heterocycles. The lowest BCUT2D eigenvalue weighted by Crippen LogP contribution is -2.50. The number of para-hydroxylation sites is 1. The van der Waals surface area contributed by atoms with Crippen LogP contribution in [0.5, 0.6) is 5.75 Å². The summed E-state index contributed by atoms with van der Waals surface area (Å²) in [5.74, 6) is -0.119. The van der Waals surface area contributed by atoms with Crippen LogP contribution in [0.15, 0.2) is 53.0 Å². The number of phenolic OH excluding ortho intramolecular Hbond substituents is 1. The van der Waals surface area contributed by atoms with Gasteiger partial charge in [-0.1, -0.05) is 33.3 Å². The standard InChI is InChI=1S/C23H22BrN5O3/c24-16-7-9-17(10-8-16)29-21(15-5-6-15)20(25-26-29)23(32)28-13-11-27(12-14-28)22(31)18-3-1-2-4-19(18)30/h1-4,7-10,15,30H,5-6,11-14H2. The van der Waals surface area contributed by atoms with Crippen molar-refractivity contribution in [3.8, 4) is 11.4 Å². The van der Waals surface area contributed by atoms with E-state index < -0.39 is 0 Å². The van der Waals surface area contributed by atoms with E-state index in [1.165, 1.54) is 6.07 Å². The molecule has 2 amide bonds. The SMILES string of the molecule is O=C(c1ccccc1O)N1CCN(C(=O)c2nnn(-c3ccc(Br)cc3)c2C2CC2)CC1. The smallest absolute Gasteiger partial charge is 0.276 e. The third-order valence-electron chi connectivity index (χ3n) is 5.93. The fourth-order valence-corrected chi connectivity index (χ4v) is 4.29. The van der Waals surface area contributed by atoms with Crippen molar-refractivity contribution in [2.24, 2.45) is 0 Å². The Morgan fingerprint density at radius 3 is 2.16 bits per heavy atom. The zero-order valence-corrected chi connectivity index (χ0v) is 18.9. The Bertz CT molecular complexity index is 1160. The molecular formula is C23H22BrN5O3. The van der Waals surface area contributed by atoms with Crippen LogP contribution in [0.4, 0.5) is 0 Å². The van der Waals surface area contributed by atoms with Crippen molar-refractivity contribution in [3.63, 3.8) is 0 Å². The molecule has 0 unspecified atom stereocenters. The summed E-state index contributed by atoms with van der Waals surface area (Å²) in [5.41, 5.74) is 2.42. The number of phenols is 1. The first kappa shape index (κ1) is 20.7. The summed E-state index contributed by atoms with van der Waals surface area (Å²) in [6.45, 7) is 1.62. The van der Waals surface area contributed by atoms with Gasteiger partial charge in [0.25, 0.3) is 11.8 Å². The van der Waals surface area contributed by atoms with E-state index in [2.05, 4.69) is 26.2 Å². The van der Waals surface area contributed by atoms with Crippen molar-refractivity contribution in [3.05, 3.63) is 70.0 Å². The van der Waals surface area contributed by atoms with Gasteiger partial charge in [0, 0.05) is 36.6 Å². The van der Waals surface area contributed by atoms with E-state index in [4.69, 9.17) is 0 Å². The molecule has 1 aromatic heterocycles. The molecule has 0 atom stereocenters.